The van der Waals surface area contributed by atoms with Gasteiger partial charge < -0.3 is 18.8 Å². The maximum absolute atomic E-state index is 5.46. The molecule has 4 heterocycles. The zero-order valence-corrected chi connectivity index (χ0v) is 18.6. The van der Waals surface area contributed by atoms with Crippen LogP contribution in [0.15, 0.2) is 40.2 Å². The first-order valence-corrected chi connectivity index (χ1v) is 11.6. The van der Waals surface area contributed by atoms with Gasteiger partial charge in [0, 0.05) is 50.1 Å². The molecule has 5 rings (SSSR count). The van der Waals surface area contributed by atoms with Crippen LogP contribution < -0.4 is 4.90 Å². The Hall–Kier alpha value is -2.32. The maximum Gasteiger partial charge on any atom is 0.202 e. The van der Waals surface area contributed by atoms with Crippen molar-refractivity contribution in [3.8, 4) is 11.6 Å². The van der Waals surface area contributed by atoms with Crippen LogP contribution in [0.5, 0.6) is 0 Å². The molecule has 0 spiro atoms. The van der Waals surface area contributed by atoms with Gasteiger partial charge in [0.2, 0.25) is 5.82 Å². The number of anilines is 1. The van der Waals surface area contributed by atoms with Crippen LogP contribution in [0.25, 0.3) is 11.6 Å². The maximum atomic E-state index is 5.46. The van der Waals surface area contributed by atoms with Gasteiger partial charge in [0.25, 0.3) is 0 Å². The fourth-order valence-corrected chi connectivity index (χ4v) is 5.38. The Balaban J connectivity index is 1.09. The van der Waals surface area contributed by atoms with Crippen molar-refractivity contribution in [3.63, 3.8) is 0 Å². The van der Waals surface area contributed by atoms with Crippen LogP contribution in [-0.2, 0) is 7.05 Å². The first-order chi connectivity index (χ1) is 14.6. The van der Waals surface area contributed by atoms with E-state index >= 15 is 0 Å². The molecule has 30 heavy (non-hydrogen) atoms. The van der Waals surface area contributed by atoms with E-state index in [4.69, 9.17) is 4.42 Å². The fourth-order valence-electron chi connectivity index (χ4n) is 4.55. The molecule has 0 aliphatic carbocycles. The van der Waals surface area contributed by atoms with Gasteiger partial charge in [-0.2, -0.15) is 0 Å². The summed E-state index contributed by atoms with van der Waals surface area (Å²) >= 11 is 1.76. The van der Waals surface area contributed by atoms with Crippen LogP contribution in [-0.4, -0.2) is 62.6 Å². The number of aryl methyl sites for hydroxylation is 2. The number of fused-ring (bicyclic) bond motifs is 1. The summed E-state index contributed by atoms with van der Waals surface area (Å²) in [5.74, 6) is 3.29. The van der Waals surface area contributed by atoms with Crippen molar-refractivity contribution >= 4 is 17.4 Å². The molecule has 0 radical (unpaired) electrons. The van der Waals surface area contributed by atoms with Crippen LogP contribution >= 0.6 is 11.8 Å². The van der Waals surface area contributed by atoms with Gasteiger partial charge in [0.15, 0.2) is 17.3 Å². The summed E-state index contributed by atoms with van der Waals surface area (Å²) in [4.78, 5) is 9.35. The average molecular weight is 425 g/mol. The third-order valence-corrected chi connectivity index (χ3v) is 7.42. The molecule has 2 aliphatic heterocycles. The van der Waals surface area contributed by atoms with Gasteiger partial charge in [-0.05, 0) is 38.9 Å². The van der Waals surface area contributed by atoms with Crippen molar-refractivity contribution in [2.75, 3.05) is 36.8 Å². The summed E-state index contributed by atoms with van der Waals surface area (Å²) in [6.07, 6.45) is 2.60. The van der Waals surface area contributed by atoms with E-state index in [0.29, 0.717) is 11.8 Å². The number of likely N-dealkylation sites (tertiary alicyclic amines) is 1. The van der Waals surface area contributed by atoms with Crippen molar-refractivity contribution in [1.82, 2.24) is 24.6 Å². The van der Waals surface area contributed by atoms with E-state index < -0.39 is 0 Å². The number of hydrogen-bond acceptors (Lipinski definition) is 7. The summed E-state index contributed by atoms with van der Waals surface area (Å²) in [5.41, 5.74) is 3.54. The first-order valence-electron chi connectivity index (χ1n) is 10.6. The number of hydrogen-bond donors (Lipinski definition) is 0. The highest BCUT2D eigenvalue weighted by atomic mass is 32.2. The van der Waals surface area contributed by atoms with Crippen LogP contribution in [0.1, 0.15) is 17.7 Å². The van der Waals surface area contributed by atoms with Crippen molar-refractivity contribution in [2.24, 2.45) is 13.0 Å². The summed E-state index contributed by atoms with van der Waals surface area (Å²) in [7, 11) is 1.98. The Bertz CT molecular complexity index is 1010. The molecule has 2 saturated heterocycles. The smallest absolute Gasteiger partial charge is 0.202 e. The molecular weight excluding hydrogens is 396 g/mol. The van der Waals surface area contributed by atoms with E-state index in [0.717, 1.165) is 41.3 Å². The Morgan fingerprint density at radius 3 is 2.70 bits per heavy atom. The molecule has 2 aromatic heterocycles. The fraction of sp³-hybridized carbons (Fsp3) is 0.500. The number of oxazole rings is 1. The third kappa shape index (κ3) is 3.63. The Morgan fingerprint density at radius 2 is 1.93 bits per heavy atom. The van der Waals surface area contributed by atoms with Gasteiger partial charge in [-0.3, -0.25) is 0 Å². The molecule has 0 saturated carbocycles. The number of aromatic nitrogens is 4. The lowest BCUT2D eigenvalue weighted by molar-refractivity contribution is 0.329. The van der Waals surface area contributed by atoms with E-state index in [1.54, 1.807) is 11.8 Å². The molecule has 2 atom stereocenters. The van der Waals surface area contributed by atoms with Gasteiger partial charge in [-0.15, -0.1) is 10.2 Å². The predicted molar refractivity (Wildman–Crippen MR) is 119 cm³/mol. The highest BCUT2D eigenvalue weighted by molar-refractivity contribution is 7.99. The van der Waals surface area contributed by atoms with Gasteiger partial charge in [0.1, 0.15) is 0 Å². The number of benzene rings is 1. The van der Waals surface area contributed by atoms with Crippen LogP contribution in [0.3, 0.4) is 0 Å². The minimum atomic E-state index is 0.687. The molecule has 0 unspecified atom stereocenters. The van der Waals surface area contributed by atoms with Gasteiger partial charge in [-0.25, -0.2) is 4.98 Å². The lowest BCUT2D eigenvalue weighted by Gasteiger charge is -2.45. The monoisotopic (exact) mass is 424 g/mol. The number of nitrogens with zero attached hydrogens (tertiary/aromatic N) is 6. The SMILES string of the molecule is Cc1ccc(N2C[C@H]3CN(CCCSc4nnc(-c5ocnc5C)n4C)C[C@H]32)cc1. The molecule has 2 aliphatic rings. The zero-order chi connectivity index (χ0) is 20.7. The Labute approximate surface area is 181 Å². The summed E-state index contributed by atoms with van der Waals surface area (Å²) in [5, 5.41) is 9.55. The Kier molecular flexibility index (Phi) is 5.28. The van der Waals surface area contributed by atoms with Gasteiger partial charge in [-0.1, -0.05) is 29.5 Å². The van der Waals surface area contributed by atoms with Crippen LogP contribution in [0.2, 0.25) is 0 Å². The van der Waals surface area contributed by atoms with Crippen LogP contribution in [0, 0.1) is 19.8 Å². The number of thioether (sulfide) groups is 1. The second-order valence-electron chi connectivity index (χ2n) is 8.41. The van der Waals surface area contributed by atoms with E-state index in [2.05, 4.69) is 56.2 Å². The molecule has 8 heteroatoms. The van der Waals surface area contributed by atoms with Gasteiger partial charge in [0.05, 0.1) is 5.69 Å². The quantitative estimate of drug-likeness (QED) is 0.425. The largest absolute Gasteiger partial charge is 0.440 e. The molecule has 3 aromatic rings. The lowest BCUT2D eigenvalue weighted by Crippen LogP contribution is -2.55. The first kappa shape index (κ1) is 19.6. The normalized spacial score (nSPS) is 21.1. The van der Waals surface area contributed by atoms with Crippen molar-refractivity contribution in [1.29, 1.82) is 0 Å². The minimum Gasteiger partial charge on any atom is -0.440 e. The lowest BCUT2D eigenvalue weighted by atomic mass is 9.91. The average Bonchev–Trinajstić information content (AvgIpc) is 3.39. The molecule has 2 fully saturated rings. The molecule has 0 bridgehead atoms. The minimum absolute atomic E-state index is 0.687. The Morgan fingerprint density at radius 1 is 1.10 bits per heavy atom. The van der Waals surface area contributed by atoms with Crippen LogP contribution in [0.4, 0.5) is 5.69 Å². The predicted octanol–water partition coefficient (Wildman–Crippen LogP) is 3.39. The topological polar surface area (TPSA) is 63.2 Å². The molecule has 0 N–H and O–H groups in total. The number of rotatable bonds is 7. The second-order valence-corrected chi connectivity index (χ2v) is 9.47. The summed E-state index contributed by atoms with van der Waals surface area (Å²) in [6, 6.07) is 9.65. The summed E-state index contributed by atoms with van der Waals surface area (Å²) in [6.45, 7) is 8.83. The molecule has 1 aromatic carbocycles. The van der Waals surface area contributed by atoms with E-state index in [1.165, 1.54) is 37.3 Å². The zero-order valence-electron chi connectivity index (χ0n) is 17.8. The molecular formula is C22H28N6OS. The highest BCUT2D eigenvalue weighted by Gasteiger charge is 2.45. The van der Waals surface area contributed by atoms with E-state index in [-0.39, 0.29) is 0 Å². The van der Waals surface area contributed by atoms with Crippen molar-refractivity contribution < 1.29 is 4.42 Å². The van der Waals surface area contributed by atoms with E-state index in [9.17, 15) is 0 Å². The molecule has 158 valence electrons. The highest BCUT2D eigenvalue weighted by Crippen LogP contribution is 2.36. The summed E-state index contributed by atoms with van der Waals surface area (Å²) < 4.78 is 7.45. The molecule has 0 amide bonds. The van der Waals surface area contributed by atoms with E-state index in [1.807, 2.05) is 18.5 Å². The molecule has 7 nitrogen and oxygen atoms in total. The van der Waals surface area contributed by atoms with Gasteiger partial charge >= 0.3 is 0 Å². The second kappa shape index (κ2) is 8.07. The van der Waals surface area contributed by atoms with Crippen molar-refractivity contribution in [2.45, 2.75) is 31.5 Å². The third-order valence-electron chi connectivity index (χ3n) is 6.31. The van der Waals surface area contributed by atoms with Crippen molar-refractivity contribution in [3.05, 3.63) is 41.9 Å². The standard InChI is InChI=1S/C22H28N6OS/c1-15-5-7-18(8-6-15)28-12-17-11-27(13-19(17)28)9-4-10-30-22-25-24-21(26(22)3)20-16(2)23-14-29-20/h5-8,14,17,19H,4,9-13H2,1-3H3/t17-,19-/m1/s1.